The summed E-state index contributed by atoms with van der Waals surface area (Å²) < 4.78 is 11.0. The van der Waals surface area contributed by atoms with Crippen molar-refractivity contribution in [3.63, 3.8) is 0 Å². The van der Waals surface area contributed by atoms with Crippen LogP contribution < -0.4 is 14.8 Å². The number of carbonyl (C=O) groups excluding carboxylic acids is 1. The number of allylic oxidation sites excluding steroid dienone is 1. The van der Waals surface area contributed by atoms with Gasteiger partial charge in [-0.05, 0) is 69.2 Å². The van der Waals surface area contributed by atoms with Crippen LogP contribution in [-0.4, -0.2) is 37.4 Å². The van der Waals surface area contributed by atoms with Crippen LogP contribution in [0, 0.1) is 18.8 Å². The summed E-state index contributed by atoms with van der Waals surface area (Å²) in [6, 6.07) is 21.0. The van der Waals surface area contributed by atoms with Crippen molar-refractivity contribution in [2.75, 3.05) is 20.3 Å². The number of benzene rings is 3. The van der Waals surface area contributed by atoms with Gasteiger partial charge in [0, 0.05) is 12.1 Å². The quantitative estimate of drug-likeness (QED) is 0.426. The number of ether oxygens (including phenoxy) is 2. The van der Waals surface area contributed by atoms with Crippen LogP contribution in [0.5, 0.6) is 11.5 Å². The Balaban J connectivity index is 0.000000380. The molecule has 0 spiro atoms. The van der Waals surface area contributed by atoms with Gasteiger partial charge >= 0.3 is 0 Å². The first kappa shape index (κ1) is 28.2. The first-order valence-corrected chi connectivity index (χ1v) is 11.8. The van der Waals surface area contributed by atoms with Crippen molar-refractivity contribution in [3.8, 4) is 23.3 Å². The van der Waals surface area contributed by atoms with E-state index in [1.165, 1.54) is 11.1 Å². The van der Waals surface area contributed by atoms with Crippen LogP contribution in [0.4, 0.5) is 0 Å². The molecule has 0 saturated carbocycles. The molecule has 0 unspecified atom stereocenters. The number of aliphatic hydroxyl groups is 1. The minimum atomic E-state index is -0.310. The highest BCUT2D eigenvalue weighted by atomic mass is 16.5. The lowest BCUT2D eigenvalue weighted by atomic mass is 10.0. The number of para-hydroxylation sites is 1. The van der Waals surface area contributed by atoms with E-state index in [-0.39, 0.29) is 25.2 Å². The summed E-state index contributed by atoms with van der Waals surface area (Å²) in [6.07, 6.45) is -0.0649. The van der Waals surface area contributed by atoms with E-state index in [9.17, 15) is 4.79 Å². The van der Waals surface area contributed by atoms with Crippen molar-refractivity contribution in [2.24, 2.45) is 0 Å². The average Bonchev–Trinajstić information content (AvgIpc) is 2.87. The van der Waals surface area contributed by atoms with Gasteiger partial charge in [-0.1, -0.05) is 60.4 Å². The fraction of sp³-hybridized carbons (Fsp3) is 0.258. The van der Waals surface area contributed by atoms with Gasteiger partial charge in [0.05, 0.1) is 30.9 Å². The van der Waals surface area contributed by atoms with Gasteiger partial charge in [0.1, 0.15) is 11.5 Å². The largest absolute Gasteiger partial charge is 0.495 e. The number of carbonyl (C=O) groups is 1. The Hall–Kier alpha value is -4.01. The van der Waals surface area contributed by atoms with Crippen molar-refractivity contribution >= 4 is 11.5 Å². The Bertz CT molecular complexity index is 1230. The Kier molecular flexibility index (Phi) is 11.3. The maximum atomic E-state index is 12.4. The molecule has 0 heterocycles. The molecule has 0 radical (unpaired) electrons. The maximum Gasteiger partial charge on any atom is 0.255 e. The van der Waals surface area contributed by atoms with Gasteiger partial charge in [-0.3, -0.25) is 4.79 Å². The minimum Gasteiger partial charge on any atom is -0.495 e. The van der Waals surface area contributed by atoms with Crippen LogP contribution in [0.2, 0.25) is 0 Å². The van der Waals surface area contributed by atoms with Crippen molar-refractivity contribution in [1.29, 1.82) is 0 Å². The predicted molar refractivity (Wildman–Crippen MR) is 146 cm³/mol. The summed E-state index contributed by atoms with van der Waals surface area (Å²) in [6.45, 7) is 11.9. The highest BCUT2D eigenvalue weighted by Crippen LogP contribution is 2.22. The molecule has 0 aliphatic carbocycles. The van der Waals surface area contributed by atoms with Gasteiger partial charge in [-0.2, -0.15) is 0 Å². The monoisotopic (exact) mass is 485 g/mol. The molecule has 0 aliphatic heterocycles. The van der Waals surface area contributed by atoms with Crippen LogP contribution in [0.1, 0.15) is 53.4 Å². The van der Waals surface area contributed by atoms with E-state index >= 15 is 0 Å². The first-order valence-electron chi connectivity index (χ1n) is 11.8. The third kappa shape index (κ3) is 8.65. The normalized spacial score (nSPS) is 9.86. The molecule has 1 amide bonds. The molecule has 0 aliphatic rings. The van der Waals surface area contributed by atoms with E-state index < -0.39 is 0 Å². The second-order valence-electron chi connectivity index (χ2n) is 8.40. The van der Waals surface area contributed by atoms with E-state index in [2.05, 4.69) is 42.8 Å². The molecule has 0 aromatic heterocycles. The van der Waals surface area contributed by atoms with Crippen molar-refractivity contribution in [3.05, 3.63) is 101 Å². The summed E-state index contributed by atoms with van der Waals surface area (Å²) in [5.74, 6) is 6.99. The summed E-state index contributed by atoms with van der Waals surface area (Å²) in [7, 11) is 1.60. The van der Waals surface area contributed by atoms with E-state index in [1.54, 1.807) is 19.2 Å². The molecule has 3 rings (SSSR count). The van der Waals surface area contributed by atoms with Crippen molar-refractivity contribution in [1.82, 2.24) is 5.32 Å². The fourth-order valence-electron chi connectivity index (χ4n) is 3.35. The molecule has 5 heteroatoms. The average molecular weight is 486 g/mol. The number of amides is 1. The highest BCUT2D eigenvalue weighted by Gasteiger charge is 2.14. The van der Waals surface area contributed by atoms with Gasteiger partial charge in [0.15, 0.2) is 0 Å². The van der Waals surface area contributed by atoms with Gasteiger partial charge in [0.2, 0.25) is 0 Å². The molecule has 3 aromatic carbocycles. The third-order valence-electron chi connectivity index (χ3n) is 5.04. The third-order valence-corrected chi connectivity index (χ3v) is 5.04. The van der Waals surface area contributed by atoms with Gasteiger partial charge < -0.3 is 19.9 Å². The molecule has 0 fully saturated rings. The second-order valence-corrected chi connectivity index (χ2v) is 8.40. The zero-order valence-electron chi connectivity index (χ0n) is 21.7. The predicted octanol–water partition coefficient (Wildman–Crippen LogP) is 5.63. The molecule has 3 aromatic rings. The lowest BCUT2D eigenvalue weighted by Crippen LogP contribution is -2.27. The van der Waals surface area contributed by atoms with Crippen LogP contribution >= 0.6 is 0 Å². The van der Waals surface area contributed by atoms with Gasteiger partial charge in [0.25, 0.3) is 5.91 Å². The Morgan fingerprint density at radius 1 is 1.00 bits per heavy atom. The fourth-order valence-corrected chi connectivity index (χ4v) is 3.35. The lowest BCUT2D eigenvalue weighted by Gasteiger charge is -2.14. The number of aliphatic hydroxyl groups excluding tert-OH is 1. The summed E-state index contributed by atoms with van der Waals surface area (Å²) in [5.41, 5.74) is 5.54. The summed E-state index contributed by atoms with van der Waals surface area (Å²) >= 11 is 0. The second kappa shape index (κ2) is 14.4. The molecule has 188 valence electrons. The van der Waals surface area contributed by atoms with Crippen LogP contribution in [0.15, 0.2) is 73.3 Å². The summed E-state index contributed by atoms with van der Waals surface area (Å²) in [4.78, 5) is 12.4. The number of rotatable bonds is 7. The van der Waals surface area contributed by atoms with Crippen molar-refractivity contribution in [2.45, 2.75) is 33.8 Å². The molecule has 5 nitrogen and oxygen atoms in total. The molecule has 36 heavy (non-hydrogen) atoms. The Morgan fingerprint density at radius 3 is 2.31 bits per heavy atom. The van der Waals surface area contributed by atoms with Crippen LogP contribution in [0.25, 0.3) is 5.57 Å². The maximum absolute atomic E-state index is 12.4. The zero-order chi connectivity index (χ0) is 26.5. The minimum absolute atomic E-state index is 0.0649. The molecule has 2 N–H and O–H groups in total. The van der Waals surface area contributed by atoms with Crippen LogP contribution in [-0.2, 0) is 0 Å². The molecule has 0 atom stereocenters. The standard InChI is InChI=1S/C21H23NO4.C10H12/c1-15(2)26-20-11-9-16(14-18(20)21(24)22-12-13-23)8-10-17-6-4-5-7-19(17)25-3;1-8(2)10-7-5-4-6-9(10)3/h4-7,9,11,14-15,23H,12-13H2,1-3H3,(H,22,24);4-7H,1H2,2-3H3. The Morgan fingerprint density at radius 2 is 1.69 bits per heavy atom. The highest BCUT2D eigenvalue weighted by molar-refractivity contribution is 5.97. The SMILES string of the molecule is C=C(C)c1ccccc1C.COc1ccccc1C#Cc1ccc(OC(C)C)c(C(=O)NCCO)c1. The van der Waals surface area contributed by atoms with Gasteiger partial charge in [-0.25, -0.2) is 0 Å². The zero-order valence-corrected chi connectivity index (χ0v) is 21.7. The number of aryl methyl sites for hydroxylation is 1. The lowest BCUT2D eigenvalue weighted by molar-refractivity contribution is 0.0939. The number of hydrogen-bond donors (Lipinski definition) is 2. The number of methoxy groups -OCH3 is 1. The number of hydrogen-bond acceptors (Lipinski definition) is 4. The van der Waals surface area contributed by atoms with E-state index in [0.29, 0.717) is 22.6 Å². The van der Waals surface area contributed by atoms with Crippen molar-refractivity contribution < 1.29 is 19.4 Å². The smallest absolute Gasteiger partial charge is 0.255 e. The van der Waals surface area contributed by atoms with Crippen LogP contribution in [0.3, 0.4) is 0 Å². The topological polar surface area (TPSA) is 67.8 Å². The first-order chi connectivity index (χ1) is 17.3. The molecule has 0 bridgehead atoms. The molecular weight excluding hydrogens is 450 g/mol. The number of nitrogens with one attached hydrogen (secondary N) is 1. The Labute approximate surface area is 214 Å². The van der Waals surface area contributed by atoms with E-state index in [0.717, 1.165) is 11.1 Å². The van der Waals surface area contributed by atoms with E-state index in [1.807, 2.05) is 63.2 Å². The van der Waals surface area contributed by atoms with E-state index in [4.69, 9.17) is 14.6 Å². The summed E-state index contributed by atoms with van der Waals surface area (Å²) in [5, 5.41) is 11.6. The van der Waals surface area contributed by atoms with Gasteiger partial charge in [-0.15, -0.1) is 0 Å². The molecule has 0 saturated heterocycles. The molecular formula is C31H35NO4.